The fraction of sp³-hybridized carbons (Fsp3) is 0.176. The van der Waals surface area contributed by atoms with Gasteiger partial charge in [-0.2, -0.15) is 13.2 Å². The maximum Gasteiger partial charge on any atom is 0.422 e. The van der Waals surface area contributed by atoms with Crippen LogP contribution in [0.1, 0.15) is 5.56 Å². The molecule has 0 saturated heterocycles. The van der Waals surface area contributed by atoms with Crippen molar-refractivity contribution in [3.63, 3.8) is 0 Å². The number of aromatic nitrogens is 2. The number of nitrogens with zero attached hydrogens (tertiary/aromatic N) is 2. The quantitative estimate of drug-likeness (QED) is 0.656. The van der Waals surface area contributed by atoms with Crippen LogP contribution in [0.3, 0.4) is 0 Å². The van der Waals surface area contributed by atoms with Gasteiger partial charge in [-0.15, -0.1) is 0 Å². The van der Waals surface area contributed by atoms with Crippen LogP contribution in [-0.4, -0.2) is 22.8 Å². The fourth-order valence-electron chi connectivity index (χ4n) is 2.20. The molecule has 4 nitrogen and oxygen atoms in total. The zero-order valence-corrected chi connectivity index (χ0v) is 13.6. The zero-order chi connectivity index (χ0) is 17.9. The number of anilines is 1. The fourth-order valence-corrected chi connectivity index (χ4v) is 2.46. The van der Waals surface area contributed by atoms with Crippen molar-refractivity contribution >= 4 is 28.2 Å². The number of hydrogen-bond donors (Lipinski definition) is 1. The molecule has 2 aromatic heterocycles. The first-order valence-electron chi connectivity index (χ1n) is 7.34. The molecule has 8 heteroatoms. The van der Waals surface area contributed by atoms with E-state index in [0.29, 0.717) is 17.5 Å². The lowest BCUT2D eigenvalue weighted by Crippen LogP contribution is -2.19. The summed E-state index contributed by atoms with van der Waals surface area (Å²) in [6.07, 6.45) is -2.94. The number of pyridine rings is 2. The summed E-state index contributed by atoms with van der Waals surface area (Å²) in [4.78, 5) is 8.13. The van der Waals surface area contributed by atoms with Gasteiger partial charge in [-0.1, -0.05) is 41.9 Å². The van der Waals surface area contributed by atoms with Crippen molar-refractivity contribution in [1.29, 1.82) is 0 Å². The molecule has 0 aliphatic heterocycles. The van der Waals surface area contributed by atoms with Crippen molar-refractivity contribution in [1.82, 2.24) is 9.97 Å². The average molecular weight is 368 g/mol. The molecule has 0 bridgehead atoms. The van der Waals surface area contributed by atoms with Gasteiger partial charge < -0.3 is 10.1 Å². The summed E-state index contributed by atoms with van der Waals surface area (Å²) >= 11 is 6.16. The van der Waals surface area contributed by atoms with Crippen molar-refractivity contribution in [2.75, 3.05) is 11.9 Å². The second-order valence-electron chi connectivity index (χ2n) is 5.28. The highest BCUT2D eigenvalue weighted by atomic mass is 35.5. The number of nitrogens with one attached hydrogen (secondary N) is 1. The standard InChI is InChI=1S/C17H13ClF3N3O/c18-16-13-4-2-1-3-12(13)7-14(24-16)22-8-11-5-6-15(23-9-11)25-10-17(19,20)21/h1-7,9H,8,10H2,(H,22,24). The highest BCUT2D eigenvalue weighted by Crippen LogP contribution is 2.24. The third-order valence-corrected chi connectivity index (χ3v) is 3.64. The summed E-state index contributed by atoms with van der Waals surface area (Å²) in [5, 5.41) is 5.33. The number of alkyl halides is 3. The summed E-state index contributed by atoms with van der Waals surface area (Å²) in [6, 6.07) is 12.5. The predicted octanol–water partition coefficient (Wildman–Crippen LogP) is 4.84. The molecule has 0 radical (unpaired) electrons. The summed E-state index contributed by atoms with van der Waals surface area (Å²) in [7, 11) is 0. The highest BCUT2D eigenvalue weighted by Gasteiger charge is 2.28. The van der Waals surface area contributed by atoms with Gasteiger partial charge in [0.15, 0.2) is 6.61 Å². The van der Waals surface area contributed by atoms with E-state index in [1.54, 1.807) is 6.07 Å². The van der Waals surface area contributed by atoms with E-state index in [4.69, 9.17) is 11.6 Å². The molecule has 0 saturated carbocycles. The minimum Gasteiger partial charge on any atom is -0.468 e. The van der Waals surface area contributed by atoms with Crippen LogP contribution in [0.5, 0.6) is 5.88 Å². The Labute approximate surface area is 146 Å². The van der Waals surface area contributed by atoms with Gasteiger partial charge in [0, 0.05) is 24.2 Å². The van der Waals surface area contributed by atoms with Gasteiger partial charge >= 0.3 is 6.18 Å². The second kappa shape index (κ2) is 7.14. The first kappa shape index (κ1) is 17.3. The SMILES string of the molecule is FC(F)(F)COc1ccc(CNc2cc3ccccc3c(Cl)n2)cn1. The lowest BCUT2D eigenvalue weighted by molar-refractivity contribution is -0.154. The Kier molecular flexibility index (Phi) is 4.94. The molecule has 3 rings (SSSR count). The van der Waals surface area contributed by atoms with Crippen molar-refractivity contribution in [2.45, 2.75) is 12.7 Å². The molecule has 2 heterocycles. The van der Waals surface area contributed by atoms with Crippen LogP contribution in [0, 0.1) is 0 Å². The van der Waals surface area contributed by atoms with E-state index in [1.165, 1.54) is 12.3 Å². The van der Waals surface area contributed by atoms with E-state index in [2.05, 4.69) is 20.0 Å². The maximum atomic E-state index is 12.1. The Morgan fingerprint density at radius 1 is 1.12 bits per heavy atom. The van der Waals surface area contributed by atoms with E-state index in [1.807, 2.05) is 30.3 Å². The Hall–Kier alpha value is -2.54. The molecule has 0 aliphatic rings. The van der Waals surface area contributed by atoms with Crippen LogP contribution in [0.2, 0.25) is 5.15 Å². The van der Waals surface area contributed by atoms with Crippen molar-refractivity contribution in [3.05, 3.63) is 59.4 Å². The van der Waals surface area contributed by atoms with Crippen molar-refractivity contribution in [3.8, 4) is 5.88 Å². The van der Waals surface area contributed by atoms with E-state index >= 15 is 0 Å². The van der Waals surface area contributed by atoms with Gasteiger partial charge in [-0.25, -0.2) is 9.97 Å². The normalized spacial score (nSPS) is 11.5. The Balaban J connectivity index is 1.64. The third kappa shape index (κ3) is 4.73. The highest BCUT2D eigenvalue weighted by molar-refractivity contribution is 6.34. The van der Waals surface area contributed by atoms with Gasteiger partial charge in [0.05, 0.1) is 0 Å². The Bertz CT molecular complexity index is 869. The third-order valence-electron chi connectivity index (χ3n) is 3.35. The molecule has 1 aromatic carbocycles. The lowest BCUT2D eigenvalue weighted by atomic mass is 10.2. The average Bonchev–Trinajstić information content (AvgIpc) is 2.58. The molecule has 3 aromatic rings. The number of hydrogen-bond acceptors (Lipinski definition) is 4. The largest absolute Gasteiger partial charge is 0.468 e. The molecule has 1 N–H and O–H groups in total. The van der Waals surface area contributed by atoms with E-state index in [0.717, 1.165) is 16.3 Å². The number of halogens is 4. The molecule has 0 atom stereocenters. The van der Waals surface area contributed by atoms with Crippen molar-refractivity contribution < 1.29 is 17.9 Å². The molecule has 0 amide bonds. The minimum absolute atomic E-state index is 0.0760. The van der Waals surface area contributed by atoms with Gasteiger partial charge in [0.2, 0.25) is 5.88 Å². The summed E-state index contributed by atoms with van der Waals surface area (Å²) < 4.78 is 40.8. The molecule has 0 unspecified atom stereocenters. The van der Waals surface area contributed by atoms with E-state index in [9.17, 15) is 13.2 Å². The van der Waals surface area contributed by atoms with Crippen LogP contribution in [0.15, 0.2) is 48.7 Å². The molecule has 130 valence electrons. The first-order chi connectivity index (χ1) is 11.9. The van der Waals surface area contributed by atoms with Gasteiger partial charge in [0.25, 0.3) is 0 Å². The number of rotatable bonds is 5. The summed E-state index contributed by atoms with van der Waals surface area (Å²) in [5.41, 5.74) is 0.769. The topological polar surface area (TPSA) is 47.0 Å². The number of fused-ring (bicyclic) bond motifs is 1. The van der Waals surface area contributed by atoms with E-state index < -0.39 is 12.8 Å². The van der Waals surface area contributed by atoms with Gasteiger partial charge in [-0.05, 0) is 17.0 Å². The smallest absolute Gasteiger partial charge is 0.422 e. The lowest BCUT2D eigenvalue weighted by Gasteiger charge is -2.10. The second-order valence-corrected chi connectivity index (χ2v) is 5.64. The molecule has 0 spiro atoms. The molecule has 0 fully saturated rings. The number of benzene rings is 1. The van der Waals surface area contributed by atoms with Crippen LogP contribution < -0.4 is 10.1 Å². The summed E-state index contributed by atoms with van der Waals surface area (Å²) in [5.74, 6) is 0.522. The molecular formula is C17H13ClF3N3O. The Morgan fingerprint density at radius 3 is 2.64 bits per heavy atom. The van der Waals surface area contributed by atoms with Gasteiger partial charge in [0.1, 0.15) is 11.0 Å². The van der Waals surface area contributed by atoms with Crippen LogP contribution in [0.4, 0.5) is 19.0 Å². The van der Waals surface area contributed by atoms with Crippen molar-refractivity contribution in [2.24, 2.45) is 0 Å². The minimum atomic E-state index is -4.39. The van der Waals surface area contributed by atoms with Crippen LogP contribution in [-0.2, 0) is 6.54 Å². The molecule has 0 aliphatic carbocycles. The number of ether oxygens (including phenoxy) is 1. The Morgan fingerprint density at radius 2 is 1.92 bits per heavy atom. The molecular weight excluding hydrogens is 355 g/mol. The van der Waals surface area contributed by atoms with Crippen LogP contribution >= 0.6 is 11.6 Å². The predicted molar refractivity (Wildman–Crippen MR) is 89.9 cm³/mol. The first-order valence-corrected chi connectivity index (χ1v) is 7.72. The molecule has 25 heavy (non-hydrogen) atoms. The zero-order valence-electron chi connectivity index (χ0n) is 12.8. The van der Waals surface area contributed by atoms with Gasteiger partial charge in [-0.3, -0.25) is 0 Å². The van der Waals surface area contributed by atoms with Crippen LogP contribution in [0.25, 0.3) is 10.8 Å². The van der Waals surface area contributed by atoms with E-state index in [-0.39, 0.29) is 5.88 Å². The maximum absolute atomic E-state index is 12.1. The summed E-state index contributed by atoms with van der Waals surface area (Å²) in [6.45, 7) is -0.967. The monoisotopic (exact) mass is 367 g/mol.